The van der Waals surface area contributed by atoms with E-state index in [0.717, 1.165) is 10.8 Å². The first-order chi connectivity index (χ1) is 7.63. The van der Waals surface area contributed by atoms with Crippen LogP contribution in [0.4, 0.5) is 0 Å². The van der Waals surface area contributed by atoms with Crippen LogP contribution in [0, 0.1) is 10.1 Å². The topological polar surface area (TPSA) is 69.4 Å². The maximum atomic E-state index is 11.4. The standard InChI is InChI=1S/C9H9NO4S2/c1-2-14-9(11)7-4-3-5-8(6-7)15-16-10(12)13/h3-6H,2H2,1H3. The Morgan fingerprint density at radius 3 is 2.94 bits per heavy atom. The van der Waals surface area contributed by atoms with E-state index in [0.29, 0.717) is 28.0 Å². The molecule has 0 aromatic heterocycles. The quantitative estimate of drug-likeness (QED) is 0.266. The summed E-state index contributed by atoms with van der Waals surface area (Å²) < 4.78 is 4.32. The number of hydrogen-bond acceptors (Lipinski definition) is 6. The predicted octanol–water partition coefficient (Wildman–Crippen LogP) is 2.80. The predicted molar refractivity (Wildman–Crippen MR) is 62.8 cm³/mol. The van der Waals surface area contributed by atoms with Gasteiger partial charge in [-0.05, 0) is 25.1 Å². The Hall–Kier alpha value is -1.21. The number of rotatable bonds is 5. The van der Waals surface area contributed by atoms with E-state index in [1.807, 2.05) is 0 Å². The average molecular weight is 259 g/mol. The van der Waals surface area contributed by atoms with Crippen LogP contribution in [0.15, 0.2) is 29.2 Å². The molecule has 0 radical (unpaired) electrons. The second-order valence-electron chi connectivity index (χ2n) is 2.63. The minimum atomic E-state index is -0.498. The largest absolute Gasteiger partial charge is 0.462 e. The molecule has 0 aliphatic rings. The summed E-state index contributed by atoms with van der Waals surface area (Å²) in [5.41, 5.74) is 0.399. The van der Waals surface area contributed by atoms with Crippen LogP contribution >= 0.6 is 21.8 Å². The molecule has 7 heteroatoms. The van der Waals surface area contributed by atoms with E-state index in [-0.39, 0.29) is 0 Å². The van der Waals surface area contributed by atoms with Gasteiger partial charge in [-0.3, -0.25) is 0 Å². The van der Waals surface area contributed by atoms with Crippen LogP contribution in [-0.2, 0) is 4.74 Å². The van der Waals surface area contributed by atoms with Gasteiger partial charge in [-0.15, -0.1) is 0 Å². The van der Waals surface area contributed by atoms with Gasteiger partial charge in [0.25, 0.3) is 0 Å². The molecule has 0 saturated carbocycles. The molecule has 0 unspecified atom stereocenters. The monoisotopic (exact) mass is 259 g/mol. The van der Waals surface area contributed by atoms with E-state index in [1.54, 1.807) is 31.2 Å². The Bertz CT molecular complexity index is 397. The van der Waals surface area contributed by atoms with E-state index in [1.165, 1.54) is 0 Å². The zero-order valence-electron chi connectivity index (χ0n) is 8.41. The van der Waals surface area contributed by atoms with Crippen molar-refractivity contribution in [2.45, 2.75) is 11.8 Å². The Labute approximate surface area is 100 Å². The highest BCUT2D eigenvalue weighted by Gasteiger charge is 2.09. The maximum Gasteiger partial charge on any atom is 0.338 e. The fraction of sp³-hybridized carbons (Fsp3) is 0.222. The molecule has 0 spiro atoms. The summed E-state index contributed by atoms with van der Waals surface area (Å²) in [7, 11) is 1.49. The fourth-order valence-corrected chi connectivity index (χ4v) is 2.17. The Morgan fingerprint density at radius 2 is 2.31 bits per heavy atom. The summed E-state index contributed by atoms with van der Waals surface area (Å²) in [5.74, 6) is -0.420. The van der Waals surface area contributed by atoms with Crippen molar-refractivity contribution in [2.24, 2.45) is 0 Å². The van der Waals surface area contributed by atoms with Gasteiger partial charge in [-0.2, -0.15) is 0 Å². The number of esters is 1. The highest BCUT2D eigenvalue weighted by atomic mass is 33.1. The molecule has 0 N–H and O–H groups in total. The van der Waals surface area contributed by atoms with E-state index in [9.17, 15) is 14.9 Å². The molecule has 0 amide bonds. The molecule has 0 heterocycles. The lowest BCUT2D eigenvalue weighted by Gasteiger charge is -2.02. The summed E-state index contributed by atoms with van der Waals surface area (Å²) in [5, 5.41) is 10.1. The number of nitro groups is 1. The number of carbonyl (C=O) groups is 1. The van der Waals surface area contributed by atoms with Crippen molar-refractivity contribution in [3.8, 4) is 0 Å². The lowest BCUT2D eigenvalue weighted by Crippen LogP contribution is -2.04. The van der Waals surface area contributed by atoms with Crippen LogP contribution in [0.1, 0.15) is 17.3 Å². The van der Waals surface area contributed by atoms with Gasteiger partial charge in [-0.25, -0.2) is 14.9 Å². The molecule has 0 saturated heterocycles. The molecule has 1 aromatic rings. The van der Waals surface area contributed by atoms with Crippen LogP contribution in [-0.4, -0.2) is 16.9 Å². The maximum absolute atomic E-state index is 11.4. The molecule has 1 rings (SSSR count). The summed E-state index contributed by atoms with van der Waals surface area (Å²) in [6, 6.07) is 6.54. The SMILES string of the molecule is CCOC(=O)c1cccc(SS[N+](=O)[O-])c1. The van der Waals surface area contributed by atoms with Gasteiger partial charge in [0.1, 0.15) is 4.33 Å². The van der Waals surface area contributed by atoms with Crippen LogP contribution in [0.5, 0.6) is 0 Å². The third kappa shape index (κ3) is 4.11. The highest BCUT2D eigenvalue weighted by Crippen LogP contribution is 2.31. The minimum Gasteiger partial charge on any atom is -0.462 e. The first-order valence-electron chi connectivity index (χ1n) is 4.39. The Kier molecular flexibility index (Phi) is 5.13. The molecule has 1 aromatic carbocycles. The summed E-state index contributed by atoms with van der Waals surface area (Å²) in [6.07, 6.45) is 0. The zero-order chi connectivity index (χ0) is 12.0. The van der Waals surface area contributed by atoms with Crippen molar-refractivity contribution in [1.29, 1.82) is 0 Å². The van der Waals surface area contributed by atoms with Crippen LogP contribution in [0.2, 0.25) is 0 Å². The van der Waals surface area contributed by atoms with E-state index in [2.05, 4.69) is 0 Å². The van der Waals surface area contributed by atoms with Crippen molar-refractivity contribution in [3.05, 3.63) is 39.9 Å². The molecule has 5 nitrogen and oxygen atoms in total. The Balaban J connectivity index is 2.70. The molecule has 16 heavy (non-hydrogen) atoms. The van der Waals surface area contributed by atoms with Gasteiger partial charge >= 0.3 is 16.9 Å². The third-order valence-electron chi connectivity index (χ3n) is 1.54. The van der Waals surface area contributed by atoms with Crippen molar-refractivity contribution >= 4 is 27.7 Å². The van der Waals surface area contributed by atoms with Crippen molar-refractivity contribution in [2.75, 3.05) is 6.61 Å². The average Bonchev–Trinajstić information content (AvgIpc) is 2.27. The van der Waals surface area contributed by atoms with Gasteiger partial charge in [0, 0.05) is 15.7 Å². The van der Waals surface area contributed by atoms with E-state index in [4.69, 9.17) is 4.74 Å². The van der Waals surface area contributed by atoms with Crippen molar-refractivity contribution in [1.82, 2.24) is 0 Å². The Morgan fingerprint density at radius 1 is 1.56 bits per heavy atom. The lowest BCUT2D eigenvalue weighted by molar-refractivity contribution is -0.280. The molecular formula is C9H9NO4S2. The molecule has 0 bridgehead atoms. The van der Waals surface area contributed by atoms with Gasteiger partial charge in [0.15, 0.2) is 0 Å². The van der Waals surface area contributed by atoms with Crippen molar-refractivity contribution in [3.63, 3.8) is 0 Å². The van der Waals surface area contributed by atoms with Crippen LogP contribution in [0.25, 0.3) is 0 Å². The number of nitrogens with zero attached hydrogens (tertiary/aromatic N) is 1. The number of carbonyl (C=O) groups excluding carboxylic acids is 1. The highest BCUT2D eigenvalue weighted by molar-refractivity contribution is 8.74. The first-order valence-corrected chi connectivity index (χ1v) is 6.50. The van der Waals surface area contributed by atoms with Crippen LogP contribution in [0.3, 0.4) is 0 Å². The summed E-state index contributed by atoms with van der Waals surface area (Å²) in [4.78, 5) is 22.2. The number of hydrogen-bond donors (Lipinski definition) is 0. The first kappa shape index (κ1) is 12.9. The lowest BCUT2D eigenvalue weighted by atomic mass is 10.2. The normalized spacial score (nSPS) is 9.81. The molecule has 0 aliphatic carbocycles. The summed E-state index contributed by atoms with van der Waals surface area (Å²) in [6.45, 7) is 2.03. The van der Waals surface area contributed by atoms with Crippen LogP contribution < -0.4 is 0 Å². The van der Waals surface area contributed by atoms with Crippen molar-refractivity contribution < 1.29 is 13.9 Å². The van der Waals surface area contributed by atoms with E-state index >= 15 is 0 Å². The molecule has 0 atom stereocenters. The van der Waals surface area contributed by atoms with Gasteiger partial charge in [0.2, 0.25) is 0 Å². The second kappa shape index (κ2) is 6.39. The molecule has 0 fully saturated rings. The van der Waals surface area contributed by atoms with Gasteiger partial charge < -0.3 is 4.74 Å². The second-order valence-corrected chi connectivity index (χ2v) is 4.66. The third-order valence-corrected chi connectivity index (χ3v) is 3.35. The summed E-state index contributed by atoms with van der Waals surface area (Å²) >= 11 is 0. The van der Waals surface area contributed by atoms with Gasteiger partial charge in [-0.1, -0.05) is 6.07 Å². The van der Waals surface area contributed by atoms with E-state index < -0.39 is 10.3 Å². The molecule has 86 valence electrons. The van der Waals surface area contributed by atoms with Gasteiger partial charge in [0.05, 0.1) is 12.2 Å². The smallest absolute Gasteiger partial charge is 0.338 e. The molecule has 0 aliphatic heterocycles. The minimum absolute atomic E-state index is 0.305. The molecular weight excluding hydrogens is 250 g/mol. The zero-order valence-corrected chi connectivity index (χ0v) is 10.0. The number of ether oxygens (including phenoxy) is 1. The fourth-order valence-electron chi connectivity index (χ4n) is 0.963. The number of benzene rings is 1.